The van der Waals surface area contributed by atoms with Crippen molar-refractivity contribution in [2.45, 2.75) is 52.5 Å². The van der Waals surface area contributed by atoms with Crippen LogP contribution in [0.5, 0.6) is 0 Å². The Balaban J connectivity index is 2.63. The lowest BCUT2D eigenvalue weighted by atomic mass is 9.96. The molecule has 0 aliphatic heterocycles. The van der Waals surface area contributed by atoms with Crippen molar-refractivity contribution in [3.8, 4) is 0 Å². The van der Waals surface area contributed by atoms with E-state index in [1.807, 2.05) is 27.7 Å². The summed E-state index contributed by atoms with van der Waals surface area (Å²) in [6.45, 7) is 10.1. The highest BCUT2D eigenvalue weighted by Gasteiger charge is 2.23. The van der Waals surface area contributed by atoms with E-state index in [2.05, 4.69) is 25.8 Å². The molecule has 0 radical (unpaired) electrons. The van der Waals surface area contributed by atoms with Crippen LogP contribution in [0.3, 0.4) is 0 Å². The Kier molecular flexibility index (Phi) is 5.24. The van der Waals surface area contributed by atoms with Crippen molar-refractivity contribution >= 4 is 11.8 Å². The number of carbonyl (C=O) groups excluding carboxylic acids is 2. The number of aromatic nitrogens is 3. The minimum Gasteiger partial charge on any atom is -0.354 e. The zero-order valence-electron chi connectivity index (χ0n) is 12.7. The molecule has 1 unspecified atom stereocenters. The molecule has 3 N–H and O–H groups in total. The molecule has 1 aromatic heterocycles. The van der Waals surface area contributed by atoms with E-state index in [-0.39, 0.29) is 17.1 Å². The quantitative estimate of drug-likeness (QED) is 0.741. The van der Waals surface area contributed by atoms with E-state index in [4.69, 9.17) is 0 Å². The topological polar surface area (TPSA) is 99.8 Å². The maximum atomic E-state index is 11.9. The van der Waals surface area contributed by atoms with Crippen LogP contribution in [0.2, 0.25) is 0 Å². The van der Waals surface area contributed by atoms with Gasteiger partial charge in [-0.15, -0.1) is 5.10 Å². The largest absolute Gasteiger partial charge is 0.354 e. The molecule has 1 aromatic rings. The summed E-state index contributed by atoms with van der Waals surface area (Å²) < 4.78 is 0. The minimum atomic E-state index is -0.620. The lowest BCUT2D eigenvalue weighted by molar-refractivity contribution is -0.122. The van der Waals surface area contributed by atoms with Gasteiger partial charge in [-0.1, -0.05) is 27.7 Å². The molecule has 0 aliphatic carbocycles. The summed E-state index contributed by atoms with van der Waals surface area (Å²) >= 11 is 0. The Morgan fingerprint density at radius 3 is 2.50 bits per heavy atom. The van der Waals surface area contributed by atoms with Gasteiger partial charge in [-0.25, -0.2) is 4.98 Å². The molecule has 2 amide bonds. The van der Waals surface area contributed by atoms with Crippen molar-refractivity contribution in [2.75, 3.05) is 6.54 Å². The van der Waals surface area contributed by atoms with Crippen LogP contribution in [0.25, 0.3) is 0 Å². The second-order valence-electron chi connectivity index (χ2n) is 5.74. The van der Waals surface area contributed by atoms with Crippen LogP contribution in [0.4, 0.5) is 0 Å². The Morgan fingerprint density at radius 1 is 1.35 bits per heavy atom. The summed E-state index contributed by atoms with van der Waals surface area (Å²) in [6.07, 6.45) is 0.849. The lowest BCUT2D eigenvalue weighted by Gasteiger charge is -2.13. The van der Waals surface area contributed by atoms with Crippen LogP contribution in [-0.2, 0) is 10.2 Å². The molecule has 0 saturated carbocycles. The normalized spacial score (nSPS) is 12.8. The first-order chi connectivity index (χ1) is 9.25. The average Bonchev–Trinajstić information content (AvgIpc) is 2.85. The highest BCUT2D eigenvalue weighted by molar-refractivity contribution is 5.94. The van der Waals surface area contributed by atoms with Crippen LogP contribution in [-0.4, -0.2) is 39.6 Å². The summed E-state index contributed by atoms with van der Waals surface area (Å²) in [4.78, 5) is 27.7. The number of hydrogen-bond acceptors (Lipinski definition) is 4. The van der Waals surface area contributed by atoms with Crippen molar-refractivity contribution in [3.63, 3.8) is 0 Å². The van der Waals surface area contributed by atoms with E-state index in [9.17, 15) is 9.59 Å². The Morgan fingerprint density at radius 2 is 2.00 bits per heavy atom. The fourth-order valence-electron chi connectivity index (χ4n) is 1.43. The van der Waals surface area contributed by atoms with Crippen LogP contribution in [0.15, 0.2) is 0 Å². The van der Waals surface area contributed by atoms with Crippen LogP contribution in [0.1, 0.15) is 57.5 Å². The third-order valence-electron chi connectivity index (χ3n) is 2.69. The zero-order valence-corrected chi connectivity index (χ0v) is 12.7. The molecule has 0 fully saturated rings. The first-order valence-electron chi connectivity index (χ1n) is 6.77. The van der Waals surface area contributed by atoms with Gasteiger partial charge in [0.1, 0.15) is 11.9 Å². The molecule has 112 valence electrons. The summed E-state index contributed by atoms with van der Waals surface area (Å²) in [6, 6.07) is -0.620. The maximum Gasteiger partial charge on any atom is 0.291 e. The van der Waals surface area contributed by atoms with Crippen LogP contribution < -0.4 is 10.6 Å². The minimum absolute atomic E-state index is 0.0464. The summed E-state index contributed by atoms with van der Waals surface area (Å²) in [5, 5.41) is 11.9. The standard InChI is InChI=1S/C13H23N5O2/c1-6-7-14-10(19)8(2)15-11(20)9-16-12(18-17-9)13(3,4)5/h8H,6-7H2,1-5H3,(H,14,19)(H,15,20)(H,16,17,18). The highest BCUT2D eigenvalue weighted by atomic mass is 16.2. The predicted molar refractivity (Wildman–Crippen MR) is 75.3 cm³/mol. The first-order valence-corrected chi connectivity index (χ1v) is 6.77. The fourth-order valence-corrected chi connectivity index (χ4v) is 1.43. The van der Waals surface area contributed by atoms with Gasteiger partial charge in [-0.05, 0) is 13.3 Å². The van der Waals surface area contributed by atoms with Crippen LogP contribution >= 0.6 is 0 Å². The van der Waals surface area contributed by atoms with Crippen molar-refractivity contribution in [2.24, 2.45) is 0 Å². The maximum absolute atomic E-state index is 11.9. The van der Waals surface area contributed by atoms with Crippen molar-refractivity contribution < 1.29 is 9.59 Å². The smallest absolute Gasteiger partial charge is 0.291 e. The van der Waals surface area contributed by atoms with Gasteiger partial charge < -0.3 is 10.6 Å². The molecule has 0 aliphatic rings. The predicted octanol–water partition coefficient (Wildman–Crippen LogP) is 0.747. The molecule has 20 heavy (non-hydrogen) atoms. The number of rotatable bonds is 5. The van der Waals surface area contributed by atoms with E-state index in [0.29, 0.717) is 12.4 Å². The number of nitrogens with one attached hydrogen (secondary N) is 3. The monoisotopic (exact) mass is 281 g/mol. The van der Waals surface area contributed by atoms with Gasteiger partial charge in [-0.2, -0.15) is 0 Å². The van der Waals surface area contributed by atoms with Gasteiger partial charge in [0, 0.05) is 12.0 Å². The number of nitrogens with zero attached hydrogens (tertiary/aromatic N) is 2. The third-order valence-corrected chi connectivity index (χ3v) is 2.69. The van der Waals surface area contributed by atoms with Crippen molar-refractivity contribution in [1.29, 1.82) is 0 Å². The summed E-state index contributed by atoms with van der Waals surface area (Å²) in [7, 11) is 0. The van der Waals surface area contributed by atoms with E-state index in [0.717, 1.165) is 6.42 Å². The molecule has 0 bridgehead atoms. The zero-order chi connectivity index (χ0) is 15.3. The SMILES string of the molecule is CCCNC(=O)C(C)NC(=O)c1n[nH]c(C(C)(C)C)n1. The van der Waals surface area contributed by atoms with E-state index < -0.39 is 11.9 Å². The summed E-state index contributed by atoms with van der Waals surface area (Å²) in [5.74, 6) is -0.00140. The Hall–Kier alpha value is -1.92. The number of H-pyrrole nitrogens is 1. The molecule has 1 rings (SSSR count). The molecular formula is C13H23N5O2. The molecule has 7 heteroatoms. The second kappa shape index (κ2) is 6.49. The van der Waals surface area contributed by atoms with Gasteiger partial charge in [0.05, 0.1) is 0 Å². The van der Waals surface area contributed by atoms with Crippen molar-refractivity contribution in [1.82, 2.24) is 25.8 Å². The molecule has 1 heterocycles. The molecule has 7 nitrogen and oxygen atoms in total. The number of aromatic amines is 1. The molecule has 1 atom stereocenters. The van der Waals surface area contributed by atoms with E-state index >= 15 is 0 Å². The first kappa shape index (κ1) is 16.1. The number of amides is 2. The fraction of sp³-hybridized carbons (Fsp3) is 0.692. The second-order valence-corrected chi connectivity index (χ2v) is 5.74. The van der Waals surface area contributed by atoms with Crippen molar-refractivity contribution in [3.05, 3.63) is 11.6 Å². The Labute approximate surface area is 118 Å². The molecular weight excluding hydrogens is 258 g/mol. The lowest BCUT2D eigenvalue weighted by Crippen LogP contribution is -2.45. The molecule has 0 spiro atoms. The van der Waals surface area contributed by atoms with Gasteiger partial charge in [-0.3, -0.25) is 14.7 Å². The third kappa shape index (κ3) is 4.32. The van der Waals surface area contributed by atoms with E-state index in [1.165, 1.54) is 0 Å². The van der Waals surface area contributed by atoms with Gasteiger partial charge in [0.25, 0.3) is 5.91 Å². The number of hydrogen-bond donors (Lipinski definition) is 3. The van der Waals surface area contributed by atoms with E-state index in [1.54, 1.807) is 6.92 Å². The molecule has 0 aromatic carbocycles. The highest BCUT2D eigenvalue weighted by Crippen LogP contribution is 2.17. The van der Waals surface area contributed by atoms with Gasteiger partial charge in [0.15, 0.2) is 0 Å². The Bertz CT molecular complexity index is 475. The summed E-state index contributed by atoms with van der Waals surface area (Å²) in [5.41, 5.74) is -0.213. The molecule has 0 saturated heterocycles. The average molecular weight is 281 g/mol. The number of carbonyl (C=O) groups is 2. The van der Waals surface area contributed by atoms with Gasteiger partial charge >= 0.3 is 0 Å². The van der Waals surface area contributed by atoms with Crippen LogP contribution in [0, 0.1) is 0 Å². The van der Waals surface area contributed by atoms with Gasteiger partial charge in [0.2, 0.25) is 11.7 Å².